The van der Waals surface area contributed by atoms with Gasteiger partial charge in [0.25, 0.3) is 0 Å². The summed E-state index contributed by atoms with van der Waals surface area (Å²) in [6, 6.07) is 4.29. The Balaban J connectivity index is 2.42. The minimum Gasteiger partial charge on any atom is -0.304 e. The summed E-state index contributed by atoms with van der Waals surface area (Å²) in [6.45, 7) is 5.02. The Kier molecular flexibility index (Phi) is 3.28. The van der Waals surface area contributed by atoms with E-state index in [9.17, 15) is 0 Å². The average molecular weight is 233 g/mol. The molecular formula is C12H19N5. The summed E-state index contributed by atoms with van der Waals surface area (Å²) < 4.78 is 3.82. The molecule has 0 amide bonds. The van der Waals surface area contributed by atoms with Crippen molar-refractivity contribution in [2.75, 3.05) is 6.54 Å². The fourth-order valence-electron chi connectivity index (χ4n) is 2.13. The number of nitrogens with one attached hydrogen (secondary N) is 1. The SMILES string of the molecule is CCNC(c1ccnn1C)c1cc(C)nn1C. The highest BCUT2D eigenvalue weighted by Gasteiger charge is 2.19. The van der Waals surface area contributed by atoms with Crippen LogP contribution in [-0.2, 0) is 14.1 Å². The second-order valence-corrected chi connectivity index (χ2v) is 4.20. The maximum Gasteiger partial charge on any atom is 0.0918 e. The van der Waals surface area contributed by atoms with Crippen LogP contribution in [0.4, 0.5) is 0 Å². The van der Waals surface area contributed by atoms with E-state index in [0.29, 0.717) is 0 Å². The molecule has 1 N–H and O–H groups in total. The van der Waals surface area contributed by atoms with Gasteiger partial charge >= 0.3 is 0 Å². The predicted molar refractivity (Wildman–Crippen MR) is 66.7 cm³/mol. The van der Waals surface area contributed by atoms with E-state index in [2.05, 4.69) is 28.5 Å². The van der Waals surface area contributed by atoms with Gasteiger partial charge in [0.15, 0.2) is 0 Å². The van der Waals surface area contributed by atoms with Crippen LogP contribution in [0.5, 0.6) is 0 Å². The molecule has 5 heteroatoms. The number of hydrogen-bond donors (Lipinski definition) is 1. The standard InChI is InChI=1S/C12H19N5/c1-5-13-12(10-6-7-14-16(10)3)11-8-9(2)15-17(11)4/h6-8,12-13H,5H2,1-4H3. The van der Waals surface area contributed by atoms with Crippen molar-refractivity contribution in [3.05, 3.63) is 35.4 Å². The molecule has 1 atom stereocenters. The van der Waals surface area contributed by atoms with E-state index in [-0.39, 0.29) is 6.04 Å². The molecule has 0 fully saturated rings. The average Bonchev–Trinajstić information content (AvgIpc) is 2.82. The van der Waals surface area contributed by atoms with Gasteiger partial charge in [-0.1, -0.05) is 6.92 Å². The van der Waals surface area contributed by atoms with Gasteiger partial charge < -0.3 is 5.32 Å². The van der Waals surface area contributed by atoms with Crippen molar-refractivity contribution < 1.29 is 0 Å². The second kappa shape index (κ2) is 4.71. The van der Waals surface area contributed by atoms with Gasteiger partial charge in [0, 0.05) is 20.3 Å². The summed E-state index contributed by atoms with van der Waals surface area (Å²) >= 11 is 0. The molecule has 0 aliphatic heterocycles. The maximum absolute atomic E-state index is 4.40. The van der Waals surface area contributed by atoms with E-state index in [1.54, 1.807) is 0 Å². The molecule has 2 rings (SSSR count). The van der Waals surface area contributed by atoms with Gasteiger partial charge in [-0.05, 0) is 25.6 Å². The Hall–Kier alpha value is -1.62. The zero-order valence-electron chi connectivity index (χ0n) is 10.8. The lowest BCUT2D eigenvalue weighted by atomic mass is 10.1. The van der Waals surface area contributed by atoms with E-state index in [1.165, 1.54) is 0 Å². The Morgan fingerprint density at radius 3 is 2.53 bits per heavy atom. The van der Waals surface area contributed by atoms with Gasteiger partial charge in [0.05, 0.1) is 23.1 Å². The molecule has 0 aliphatic rings. The summed E-state index contributed by atoms with van der Waals surface area (Å²) in [6.07, 6.45) is 1.82. The van der Waals surface area contributed by atoms with E-state index < -0.39 is 0 Å². The first-order valence-corrected chi connectivity index (χ1v) is 5.85. The summed E-state index contributed by atoms with van der Waals surface area (Å²) in [7, 11) is 3.94. The number of rotatable bonds is 4. The number of nitrogens with zero attached hydrogens (tertiary/aromatic N) is 4. The molecule has 92 valence electrons. The number of hydrogen-bond acceptors (Lipinski definition) is 3. The molecule has 1 unspecified atom stereocenters. The smallest absolute Gasteiger partial charge is 0.0918 e. The van der Waals surface area contributed by atoms with Gasteiger partial charge in [-0.3, -0.25) is 9.36 Å². The molecule has 0 aliphatic carbocycles. The molecule has 0 spiro atoms. The first kappa shape index (κ1) is 11.9. The third-order valence-corrected chi connectivity index (χ3v) is 2.90. The zero-order chi connectivity index (χ0) is 12.4. The highest BCUT2D eigenvalue weighted by molar-refractivity contribution is 5.23. The second-order valence-electron chi connectivity index (χ2n) is 4.20. The Bertz CT molecular complexity index is 497. The summed E-state index contributed by atoms with van der Waals surface area (Å²) in [5.74, 6) is 0. The van der Waals surface area contributed by atoms with Gasteiger partial charge in [-0.15, -0.1) is 0 Å². The molecule has 0 saturated carbocycles. The van der Waals surface area contributed by atoms with Gasteiger partial charge in [-0.2, -0.15) is 10.2 Å². The quantitative estimate of drug-likeness (QED) is 0.862. The van der Waals surface area contributed by atoms with Crippen LogP contribution in [0.25, 0.3) is 0 Å². The van der Waals surface area contributed by atoms with Crippen LogP contribution < -0.4 is 5.32 Å². The van der Waals surface area contributed by atoms with Crippen molar-refractivity contribution in [1.82, 2.24) is 24.9 Å². The number of aromatic nitrogens is 4. The Morgan fingerprint density at radius 2 is 2.06 bits per heavy atom. The predicted octanol–water partition coefficient (Wildman–Crippen LogP) is 1.16. The van der Waals surface area contributed by atoms with Gasteiger partial charge in [0.2, 0.25) is 0 Å². The van der Waals surface area contributed by atoms with E-state index in [4.69, 9.17) is 0 Å². The Morgan fingerprint density at radius 1 is 1.29 bits per heavy atom. The zero-order valence-corrected chi connectivity index (χ0v) is 10.8. The van der Waals surface area contributed by atoms with Crippen LogP contribution in [0.3, 0.4) is 0 Å². The third kappa shape index (κ3) is 2.24. The van der Waals surface area contributed by atoms with Crippen LogP contribution in [-0.4, -0.2) is 26.1 Å². The molecule has 0 saturated heterocycles. The molecule has 5 nitrogen and oxygen atoms in total. The van der Waals surface area contributed by atoms with Gasteiger partial charge in [0.1, 0.15) is 0 Å². The normalized spacial score (nSPS) is 12.9. The highest BCUT2D eigenvalue weighted by Crippen LogP contribution is 2.21. The first-order chi connectivity index (χ1) is 8.13. The van der Waals surface area contributed by atoms with Crippen molar-refractivity contribution in [2.24, 2.45) is 14.1 Å². The van der Waals surface area contributed by atoms with E-state index in [0.717, 1.165) is 23.6 Å². The molecule has 2 aromatic rings. The first-order valence-electron chi connectivity index (χ1n) is 5.85. The molecule has 17 heavy (non-hydrogen) atoms. The van der Waals surface area contributed by atoms with Crippen LogP contribution in [0.1, 0.15) is 30.0 Å². The van der Waals surface area contributed by atoms with Crippen LogP contribution >= 0.6 is 0 Å². The van der Waals surface area contributed by atoms with Crippen molar-refractivity contribution in [2.45, 2.75) is 19.9 Å². The van der Waals surface area contributed by atoms with Crippen molar-refractivity contribution >= 4 is 0 Å². The van der Waals surface area contributed by atoms with E-state index >= 15 is 0 Å². The molecule has 2 aromatic heterocycles. The maximum atomic E-state index is 4.40. The fourth-order valence-corrected chi connectivity index (χ4v) is 2.13. The fraction of sp³-hybridized carbons (Fsp3) is 0.500. The van der Waals surface area contributed by atoms with Crippen molar-refractivity contribution in [1.29, 1.82) is 0 Å². The monoisotopic (exact) mass is 233 g/mol. The lowest BCUT2D eigenvalue weighted by Crippen LogP contribution is -2.26. The van der Waals surface area contributed by atoms with E-state index in [1.807, 2.05) is 42.6 Å². The molecule has 0 aromatic carbocycles. The summed E-state index contributed by atoms with van der Waals surface area (Å²) in [5.41, 5.74) is 3.34. The van der Waals surface area contributed by atoms with Crippen molar-refractivity contribution in [3.8, 4) is 0 Å². The molecule has 0 radical (unpaired) electrons. The lowest BCUT2D eigenvalue weighted by molar-refractivity contribution is 0.534. The van der Waals surface area contributed by atoms with Crippen LogP contribution in [0.2, 0.25) is 0 Å². The summed E-state index contributed by atoms with van der Waals surface area (Å²) in [5, 5.41) is 12.1. The summed E-state index contributed by atoms with van der Waals surface area (Å²) in [4.78, 5) is 0. The third-order valence-electron chi connectivity index (χ3n) is 2.90. The lowest BCUT2D eigenvalue weighted by Gasteiger charge is -2.18. The van der Waals surface area contributed by atoms with Crippen LogP contribution in [0.15, 0.2) is 18.3 Å². The largest absolute Gasteiger partial charge is 0.304 e. The van der Waals surface area contributed by atoms with Crippen LogP contribution in [0, 0.1) is 6.92 Å². The highest BCUT2D eigenvalue weighted by atomic mass is 15.3. The minimum atomic E-state index is 0.138. The number of aryl methyl sites for hydroxylation is 3. The van der Waals surface area contributed by atoms with Crippen molar-refractivity contribution in [3.63, 3.8) is 0 Å². The van der Waals surface area contributed by atoms with Gasteiger partial charge in [-0.25, -0.2) is 0 Å². The Labute approximate surface area is 101 Å². The molecule has 2 heterocycles. The topological polar surface area (TPSA) is 47.7 Å². The molecular weight excluding hydrogens is 214 g/mol. The molecule has 0 bridgehead atoms. The minimum absolute atomic E-state index is 0.138.